The van der Waals surface area contributed by atoms with Crippen molar-refractivity contribution in [1.29, 1.82) is 0 Å². The molecule has 2 N–H and O–H groups in total. The van der Waals surface area contributed by atoms with Crippen molar-refractivity contribution in [2.45, 2.75) is 19.9 Å². The summed E-state index contributed by atoms with van der Waals surface area (Å²) in [5, 5.41) is 23.5. The normalized spacial score (nSPS) is 11.8. The van der Waals surface area contributed by atoms with Gasteiger partial charge in [0, 0.05) is 11.1 Å². The third-order valence-corrected chi connectivity index (χ3v) is 4.11. The first-order valence-electron chi connectivity index (χ1n) is 8.67. The largest absolute Gasteiger partial charge is 0.508 e. The zero-order valence-electron chi connectivity index (χ0n) is 15.4. The number of phenolic OH excluding ortho intramolecular Hbond substituents is 2. The van der Waals surface area contributed by atoms with E-state index >= 15 is 0 Å². The van der Waals surface area contributed by atoms with Crippen molar-refractivity contribution in [2.24, 2.45) is 0 Å². The second-order valence-electron chi connectivity index (χ2n) is 6.06. The van der Waals surface area contributed by atoms with Crippen LogP contribution in [0.1, 0.15) is 19.9 Å². The summed E-state index contributed by atoms with van der Waals surface area (Å²) in [5.74, 6) is -0.434. The van der Waals surface area contributed by atoms with Crippen LogP contribution >= 0.6 is 0 Å². The maximum Gasteiger partial charge on any atom is 0.365 e. The van der Waals surface area contributed by atoms with E-state index in [1.807, 2.05) is 0 Å². The molecule has 0 aliphatic carbocycles. The number of esters is 1. The van der Waals surface area contributed by atoms with E-state index in [0.717, 1.165) is 4.68 Å². The highest BCUT2D eigenvalue weighted by Crippen LogP contribution is 2.29. The fourth-order valence-corrected chi connectivity index (χ4v) is 2.65. The van der Waals surface area contributed by atoms with Gasteiger partial charge in [-0.2, -0.15) is 14.8 Å². The van der Waals surface area contributed by atoms with Gasteiger partial charge in [0.25, 0.3) is 0 Å². The third-order valence-electron chi connectivity index (χ3n) is 4.11. The molecule has 1 atom stereocenters. The zero-order valence-corrected chi connectivity index (χ0v) is 15.4. The van der Waals surface area contributed by atoms with Crippen LogP contribution in [0.3, 0.4) is 0 Å². The number of nitrogens with zero attached hydrogens (tertiary/aromatic N) is 3. The maximum atomic E-state index is 12.6. The highest BCUT2D eigenvalue weighted by Gasteiger charge is 2.22. The quantitative estimate of drug-likeness (QED) is 0.653. The molecular weight excluding hydrogens is 362 g/mol. The molecule has 0 fully saturated rings. The van der Waals surface area contributed by atoms with Crippen molar-refractivity contribution >= 4 is 5.97 Å². The van der Waals surface area contributed by atoms with Gasteiger partial charge in [0.15, 0.2) is 6.04 Å². The summed E-state index contributed by atoms with van der Waals surface area (Å²) in [6.45, 7) is 3.37. The van der Waals surface area contributed by atoms with Gasteiger partial charge < -0.3 is 14.9 Å². The third kappa shape index (κ3) is 3.85. The lowest BCUT2D eigenvalue weighted by Gasteiger charge is -2.15. The van der Waals surface area contributed by atoms with E-state index in [9.17, 15) is 19.8 Å². The second-order valence-corrected chi connectivity index (χ2v) is 6.06. The average Bonchev–Trinajstić information content (AvgIpc) is 2.69. The van der Waals surface area contributed by atoms with E-state index in [2.05, 4.69) is 10.1 Å². The van der Waals surface area contributed by atoms with Crippen LogP contribution in [0.15, 0.2) is 53.3 Å². The molecule has 0 amide bonds. The molecule has 8 nitrogen and oxygen atoms in total. The number of phenols is 2. The van der Waals surface area contributed by atoms with E-state index in [1.165, 1.54) is 31.2 Å². The molecule has 2 aromatic carbocycles. The number of aromatic nitrogens is 3. The van der Waals surface area contributed by atoms with Crippen LogP contribution < -0.4 is 5.69 Å². The van der Waals surface area contributed by atoms with Crippen LogP contribution in [0.25, 0.3) is 22.5 Å². The highest BCUT2D eigenvalue weighted by molar-refractivity contribution is 5.78. The molecular formula is C20H19N3O5. The van der Waals surface area contributed by atoms with Crippen molar-refractivity contribution in [2.75, 3.05) is 6.61 Å². The number of rotatable bonds is 5. The molecule has 0 saturated heterocycles. The van der Waals surface area contributed by atoms with Gasteiger partial charge in [-0.05, 0) is 62.4 Å². The first-order chi connectivity index (χ1) is 13.4. The Hall–Kier alpha value is -3.68. The van der Waals surface area contributed by atoms with Gasteiger partial charge in [0.1, 0.15) is 22.9 Å². The Morgan fingerprint density at radius 2 is 1.50 bits per heavy atom. The van der Waals surface area contributed by atoms with E-state index in [4.69, 9.17) is 4.74 Å². The number of carbonyl (C=O) groups is 1. The number of carbonyl (C=O) groups excluding carboxylic acids is 1. The number of hydrogen-bond acceptors (Lipinski definition) is 7. The Labute approximate surface area is 160 Å². The average molecular weight is 381 g/mol. The fourth-order valence-electron chi connectivity index (χ4n) is 2.65. The summed E-state index contributed by atoms with van der Waals surface area (Å²) < 4.78 is 5.95. The standard InChI is InChI=1S/C20H19N3O5/c1-3-28-19(26)12(2)23-20(27)21-17(13-4-8-15(24)9-5-13)18(22-23)14-6-10-16(25)11-7-14/h4-12,24-25H,3H2,1-2H3. The van der Waals surface area contributed by atoms with Crippen LogP contribution in [-0.2, 0) is 9.53 Å². The van der Waals surface area contributed by atoms with Crippen molar-refractivity contribution in [1.82, 2.24) is 14.8 Å². The smallest absolute Gasteiger partial charge is 0.365 e. The lowest BCUT2D eigenvalue weighted by Crippen LogP contribution is -2.34. The molecule has 0 aliphatic heterocycles. The molecule has 0 radical (unpaired) electrons. The van der Waals surface area contributed by atoms with Gasteiger partial charge in [-0.15, -0.1) is 0 Å². The molecule has 1 unspecified atom stereocenters. The molecule has 1 heterocycles. The highest BCUT2D eigenvalue weighted by atomic mass is 16.5. The van der Waals surface area contributed by atoms with E-state index < -0.39 is 17.7 Å². The minimum atomic E-state index is -0.954. The predicted molar refractivity (Wildman–Crippen MR) is 102 cm³/mol. The van der Waals surface area contributed by atoms with Crippen LogP contribution in [0.5, 0.6) is 11.5 Å². The van der Waals surface area contributed by atoms with Crippen molar-refractivity contribution < 1.29 is 19.7 Å². The van der Waals surface area contributed by atoms with Crippen LogP contribution in [0.4, 0.5) is 0 Å². The van der Waals surface area contributed by atoms with Crippen LogP contribution in [-0.4, -0.2) is 37.6 Å². The first-order valence-corrected chi connectivity index (χ1v) is 8.67. The lowest BCUT2D eigenvalue weighted by molar-refractivity contribution is -0.147. The Morgan fingerprint density at radius 1 is 1.00 bits per heavy atom. The monoisotopic (exact) mass is 381 g/mol. The van der Waals surface area contributed by atoms with Gasteiger partial charge in [-0.3, -0.25) is 0 Å². The summed E-state index contributed by atoms with van der Waals surface area (Å²) >= 11 is 0. The van der Waals surface area contributed by atoms with E-state index in [0.29, 0.717) is 22.5 Å². The van der Waals surface area contributed by atoms with Gasteiger partial charge in [-0.1, -0.05) is 0 Å². The molecule has 0 bridgehead atoms. The molecule has 28 heavy (non-hydrogen) atoms. The van der Waals surface area contributed by atoms with Crippen molar-refractivity contribution in [3.8, 4) is 34.0 Å². The molecule has 3 rings (SSSR count). The van der Waals surface area contributed by atoms with Crippen LogP contribution in [0.2, 0.25) is 0 Å². The van der Waals surface area contributed by atoms with Crippen molar-refractivity contribution in [3.05, 3.63) is 59.0 Å². The number of hydrogen-bond donors (Lipinski definition) is 2. The topological polar surface area (TPSA) is 115 Å². The Kier molecular flexibility index (Phi) is 5.39. The summed E-state index contributed by atoms with van der Waals surface area (Å²) in [6, 6.07) is 11.5. The Bertz CT molecular complexity index is 1040. The second kappa shape index (κ2) is 7.91. The maximum absolute atomic E-state index is 12.6. The molecule has 8 heteroatoms. The summed E-state index contributed by atoms with van der Waals surface area (Å²) in [7, 11) is 0. The molecule has 0 saturated carbocycles. The molecule has 0 aliphatic rings. The van der Waals surface area contributed by atoms with Crippen LogP contribution in [0, 0.1) is 0 Å². The zero-order chi connectivity index (χ0) is 20.3. The summed E-state index contributed by atoms with van der Waals surface area (Å²) in [6.07, 6.45) is 0. The minimum Gasteiger partial charge on any atom is -0.508 e. The Morgan fingerprint density at radius 3 is 2.00 bits per heavy atom. The predicted octanol–water partition coefficient (Wildman–Crippen LogP) is 2.51. The van der Waals surface area contributed by atoms with Gasteiger partial charge in [0.2, 0.25) is 0 Å². The van der Waals surface area contributed by atoms with Gasteiger partial charge in [0.05, 0.1) is 6.61 Å². The van der Waals surface area contributed by atoms with Crippen molar-refractivity contribution in [3.63, 3.8) is 0 Å². The molecule has 1 aromatic heterocycles. The number of ether oxygens (including phenoxy) is 1. The first kappa shape index (κ1) is 19.1. The van der Waals surface area contributed by atoms with Gasteiger partial charge >= 0.3 is 11.7 Å². The molecule has 144 valence electrons. The molecule has 0 spiro atoms. The number of benzene rings is 2. The van der Waals surface area contributed by atoms with E-state index in [1.54, 1.807) is 31.2 Å². The lowest BCUT2D eigenvalue weighted by atomic mass is 10.0. The van der Waals surface area contributed by atoms with Gasteiger partial charge in [-0.25, -0.2) is 9.59 Å². The van der Waals surface area contributed by atoms with E-state index in [-0.39, 0.29) is 18.1 Å². The fraction of sp³-hybridized carbons (Fsp3) is 0.200. The minimum absolute atomic E-state index is 0.0761. The number of aromatic hydroxyl groups is 2. The SMILES string of the molecule is CCOC(=O)C(C)n1nc(-c2ccc(O)cc2)c(-c2ccc(O)cc2)nc1=O. The summed E-state index contributed by atoms with van der Waals surface area (Å²) in [4.78, 5) is 28.8. The summed E-state index contributed by atoms with van der Waals surface area (Å²) in [5.41, 5.74) is 1.11. The molecule has 3 aromatic rings. The Balaban J connectivity index is 2.20.